The van der Waals surface area contributed by atoms with Crippen LogP contribution in [0.1, 0.15) is 32.6 Å². The molecule has 1 fully saturated rings. The second kappa shape index (κ2) is 7.45. The molecule has 0 N–H and O–H groups in total. The maximum atomic E-state index is 11.1. The van der Waals surface area contributed by atoms with E-state index < -0.39 is 0 Å². The fourth-order valence-corrected chi connectivity index (χ4v) is 2.02. The first-order valence-corrected chi connectivity index (χ1v) is 6.06. The minimum Gasteiger partial charge on any atom is -0.466 e. The van der Waals surface area contributed by atoms with Gasteiger partial charge in [-0.15, -0.1) is 0 Å². The Morgan fingerprint density at radius 3 is 2.65 bits per heavy atom. The van der Waals surface area contributed by atoms with Crippen molar-refractivity contribution in [3.63, 3.8) is 0 Å². The van der Waals surface area contributed by atoms with E-state index in [-0.39, 0.29) is 12.1 Å². The Balaban J connectivity index is 2.28. The van der Waals surface area contributed by atoms with Gasteiger partial charge in [-0.3, -0.25) is 0 Å². The summed E-state index contributed by atoms with van der Waals surface area (Å²) in [5.41, 5.74) is 0.589. The number of hydrogen-bond donors (Lipinski definition) is 0. The summed E-state index contributed by atoms with van der Waals surface area (Å²) in [5.74, 6) is -0.299. The average molecular weight is 242 g/mol. The number of carbonyl (C=O) groups excluding carboxylic acids is 1. The molecule has 4 heteroatoms. The van der Waals surface area contributed by atoms with Crippen molar-refractivity contribution in [1.29, 1.82) is 0 Å². The number of hydrogen-bond acceptors (Lipinski definition) is 4. The van der Waals surface area contributed by atoms with E-state index in [0.29, 0.717) is 18.3 Å². The van der Waals surface area contributed by atoms with Crippen LogP contribution in [0.15, 0.2) is 11.6 Å². The molecule has 0 spiro atoms. The van der Waals surface area contributed by atoms with Gasteiger partial charge in [0.05, 0.1) is 25.9 Å². The zero-order chi connectivity index (χ0) is 12.7. The van der Waals surface area contributed by atoms with Crippen molar-refractivity contribution in [3.8, 4) is 0 Å². The zero-order valence-corrected chi connectivity index (χ0v) is 10.9. The fraction of sp³-hybridized carbons (Fsp3) is 0.769. The molecular weight excluding hydrogens is 220 g/mol. The topological polar surface area (TPSA) is 44.8 Å². The van der Waals surface area contributed by atoms with Gasteiger partial charge in [-0.05, 0) is 38.7 Å². The van der Waals surface area contributed by atoms with Crippen LogP contribution in [0.25, 0.3) is 0 Å². The predicted molar refractivity (Wildman–Crippen MR) is 64.8 cm³/mol. The molecule has 0 heterocycles. The number of methoxy groups -OCH3 is 2. The van der Waals surface area contributed by atoms with Gasteiger partial charge in [-0.1, -0.05) is 0 Å². The molecule has 98 valence electrons. The van der Waals surface area contributed by atoms with Crippen molar-refractivity contribution in [1.82, 2.24) is 0 Å². The van der Waals surface area contributed by atoms with Gasteiger partial charge in [0.15, 0.2) is 0 Å². The molecule has 0 radical (unpaired) electrons. The normalized spacial score (nSPS) is 25.7. The molecule has 17 heavy (non-hydrogen) atoms. The highest BCUT2D eigenvalue weighted by molar-refractivity contribution is 5.87. The van der Waals surface area contributed by atoms with Gasteiger partial charge in [0.25, 0.3) is 0 Å². The summed E-state index contributed by atoms with van der Waals surface area (Å²) in [6.45, 7) is 2.19. The van der Waals surface area contributed by atoms with E-state index in [1.807, 2.05) is 0 Å². The fourth-order valence-electron chi connectivity index (χ4n) is 2.02. The third-order valence-electron chi connectivity index (χ3n) is 3.14. The van der Waals surface area contributed by atoms with E-state index in [1.54, 1.807) is 20.1 Å². The van der Waals surface area contributed by atoms with Crippen LogP contribution in [0.3, 0.4) is 0 Å². The first-order chi connectivity index (χ1) is 8.17. The standard InChI is InChI=1S/C13H22O4/c1-10(13(14)16-3)7-8-17-12-6-4-5-11(9-12)15-2/h7,11-12H,4-6,8-9H2,1-3H3. The molecule has 1 aliphatic rings. The van der Waals surface area contributed by atoms with E-state index >= 15 is 0 Å². The molecule has 0 aromatic heterocycles. The highest BCUT2D eigenvalue weighted by atomic mass is 16.5. The molecule has 1 rings (SSSR count). The Kier molecular flexibility index (Phi) is 6.22. The van der Waals surface area contributed by atoms with Crippen molar-refractivity contribution >= 4 is 5.97 Å². The van der Waals surface area contributed by atoms with E-state index in [4.69, 9.17) is 9.47 Å². The van der Waals surface area contributed by atoms with E-state index in [9.17, 15) is 4.79 Å². The van der Waals surface area contributed by atoms with Gasteiger partial charge >= 0.3 is 5.97 Å². The molecule has 2 unspecified atom stereocenters. The largest absolute Gasteiger partial charge is 0.466 e. The van der Waals surface area contributed by atoms with Crippen LogP contribution in [0.4, 0.5) is 0 Å². The van der Waals surface area contributed by atoms with Gasteiger partial charge in [0.2, 0.25) is 0 Å². The van der Waals surface area contributed by atoms with Crippen molar-refractivity contribution in [2.75, 3.05) is 20.8 Å². The zero-order valence-electron chi connectivity index (χ0n) is 10.9. The summed E-state index contributed by atoms with van der Waals surface area (Å²) in [7, 11) is 3.12. The molecule has 0 aliphatic heterocycles. The van der Waals surface area contributed by atoms with Crippen LogP contribution in [-0.4, -0.2) is 39.0 Å². The Bertz CT molecular complexity index is 273. The van der Waals surface area contributed by atoms with Crippen molar-refractivity contribution < 1.29 is 19.0 Å². The molecule has 0 amide bonds. The molecule has 0 aromatic carbocycles. The molecule has 0 bridgehead atoms. The number of carbonyl (C=O) groups is 1. The Morgan fingerprint density at radius 2 is 2.00 bits per heavy atom. The van der Waals surface area contributed by atoms with E-state index in [1.165, 1.54) is 7.11 Å². The number of ether oxygens (including phenoxy) is 3. The van der Waals surface area contributed by atoms with Crippen molar-refractivity contribution in [2.45, 2.75) is 44.8 Å². The van der Waals surface area contributed by atoms with E-state index in [2.05, 4.69) is 4.74 Å². The van der Waals surface area contributed by atoms with Crippen molar-refractivity contribution in [2.24, 2.45) is 0 Å². The molecule has 4 nitrogen and oxygen atoms in total. The highest BCUT2D eigenvalue weighted by Gasteiger charge is 2.21. The smallest absolute Gasteiger partial charge is 0.333 e. The Morgan fingerprint density at radius 1 is 1.29 bits per heavy atom. The number of esters is 1. The summed E-state index contributed by atoms with van der Waals surface area (Å²) in [5, 5.41) is 0. The quantitative estimate of drug-likeness (QED) is 0.547. The summed E-state index contributed by atoms with van der Waals surface area (Å²) >= 11 is 0. The maximum Gasteiger partial charge on any atom is 0.333 e. The molecule has 0 aromatic rings. The summed E-state index contributed by atoms with van der Waals surface area (Å²) in [6.07, 6.45) is 6.61. The summed E-state index contributed by atoms with van der Waals surface area (Å²) in [4.78, 5) is 11.1. The van der Waals surface area contributed by atoms with Crippen LogP contribution in [0.5, 0.6) is 0 Å². The lowest BCUT2D eigenvalue weighted by Gasteiger charge is -2.27. The predicted octanol–water partition coefficient (Wildman–Crippen LogP) is 2.08. The van der Waals surface area contributed by atoms with Gasteiger partial charge in [0.1, 0.15) is 0 Å². The lowest BCUT2D eigenvalue weighted by Crippen LogP contribution is -2.27. The summed E-state index contributed by atoms with van der Waals surface area (Å²) < 4.78 is 15.7. The third kappa shape index (κ3) is 4.88. The van der Waals surface area contributed by atoms with Gasteiger partial charge in [0, 0.05) is 12.7 Å². The van der Waals surface area contributed by atoms with Crippen molar-refractivity contribution in [3.05, 3.63) is 11.6 Å². The molecule has 1 saturated carbocycles. The minimum absolute atomic E-state index is 0.246. The van der Waals surface area contributed by atoms with Crippen LogP contribution < -0.4 is 0 Å². The van der Waals surface area contributed by atoms with E-state index in [0.717, 1.165) is 25.7 Å². The van der Waals surface area contributed by atoms with Gasteiger partial charge < -0.3 is 14.2 Å². The SMILES string of the molecule is COC(=O)C(C)=CCOC1CCCC(OC)C1. The Labute approximate surface area is 103 Å². The first kappa shape index (κ1) is 14.2. The van der Waals surface area contributed by atoms with Gasteiger partial charge in [-0.2, -0.15) is 0 Å². The lowest BCUT2D eigenvalue weighted by atomic mass is 9.95. The molecule has 2 atom stereocenters. The van der Waals surface area contributed by atoms with Crippen LogP contribution >= 0.6 is 0 Å². The Hall–Kier alpha value is -0.870. The second-order valence-corrected chi connectivity index (χ2v) is 4.36. The number of rotatable bonds is 5. The summed E-state index contributed by atoms with van der Waals surface area (Å²) in [6, 6.07) is 0. The minimum atomic E-state index is -0.299. The second-order valence-electron chi connectivity index (χ2n) is 4.36. The average Bonchev–Trinajstić information content (AvgIpc) is 2.37. The molecule has 1 aliphatic carbocycles. The monoisotopic (exact) mass is 242 g/mol. The highest BCUT2D eigenvalue weighted by Crippen LogP contribution is 2.22. The van der Waals surface area contributed by atoms with Crippen LogP contribution in [0, 0.1) is 0 Å². The molecule has 0 saturated heterocycles. The molecular formula is C13H22O4. The lowest BCUT2D eigenvalue weighted by molar-refractivity contribution is -0.136. The van der Waals surface area contributed by atoms with Crippen LogP contribution in [0.2, 0.25) is 0 Å². The van der Waals surface area contributed by atoms with Gasteiger partial charge in [-0.25, -0.2) is 4.79 Å². The maximum absolute atomic E-state index is 11.1. The first-order valence-electron chi connectivity index (χ1n) is 6.06. The third-order valence-corrected chi connectivity index (χ3v) is 3.14. The van der Waals surface area contributed by atoms with Crippen LogP contribution in [-0.2, 0) is 19.0 Å².